The van der Waals surface area contributed by atoms with Gasteiger partial charge in [0.05, 0.1) is 6.54 Å². The van der Waals surface area contributed by atoms with Gasteiger partial charge in [-0.05, 0) is 35.6 Å². The zero-order valence-corrected chi connectivity index (χ0v) is 14.8. The van der Waals surface area contributed by atoms with Crippen LogP contribution in [0.4, 0.5) is 10.6 Å². The number of anilines is 1. The van der Waals surface area contributed by atoms with Gasteiger partial charge >= 0.3 is 6.03 Å². The summed E-state index contributed by atoms with van der Waals surface area (Å²) < 4.78 is 24.2. The highest BCUT2D eigenvalue weighted by atomic mass is 32.2. The summed E-state index contributed by atoms with van der Waals surface area (Å²) in [6.45, 7) is 0.683. The molecule has 0 unspecified atom stereocenters. The molecule has 4 rings (SSSR count). The number of rotatable bonds is 5. The van der Waals surface area contributed by atoms with Gasteiger partial charge in [0.1, 0.15) is 5.82 Å². The zero-order valence-electron chi connectivity index (χ0n) is 14.0. The molecule has 1 saturated carbocycles. The Bertz CT molecular complexity index is 955. The van der Waals surface area contributed by atoms with Crippen molar-refractivity contribution in [2.24, 2.45) is 5.14 Å². The molecular formula is C17H19N5O3S. The third-order valence-corrected chi connectivity index (χ3v) is 5.15. The number of benzene rings is 1. The van der Waals surface area contributed by atoms with E-state index in [1.807, 2.05) is 35.2 Å². The van der Waals surface area contributed by atoms with Crippen molar-refractivity contribution in [3.8, 4) is 11.1 Å². The van der Waals surface area contributed by atoms with Crippen molar-refractivity contribution in [2.45, 2.75) is 32.0 Å². The van der Waals surface area contributed by atoms with Crippen LogP contribution in [-0.2, 0) is 23.3 Å². The standard InChI is InChI=1S/C17H19N5O3S/c18-26(24,25)20-9-11-1-3-12(4-2-11)14-7-8-19-16-15(14)10-22(13-5-6-13)17(23)21-16/h1-4,7-8,13,20H,5-6,9-10H2,(H2,18,24,25)(H,19,21,23). The predicted octanol–water partition coefficient (Wildman–Crippen LogP) is 1.55. The molecule has 0 atom stereocenters. The molecule has 2 heterocycles. The summed E-state index contributed by atoms with van der Waals surface area (Å²) >= 11 is 0. The number of amides is 2. The van der Waals surface area contributed by atoms with E-state index in [1.54, 1.807) is 6.20 Å². The van der Waals surface area contributed by atoms with Crippen molar-refractivity contribution in [1.29, 1.82) is 0 Å². The summed E-state index contributed by atoms with van der Waals surface area (Å²) in [4.78, 5) is 18.3. The van der Waals surface area contributed by atoms with Gasteiger partial charge in [-0.15, -0.1) is 0 Å². The number of carbonyl (C=O) groups excluding carboxylic acids is 1. The van der Waals surface area contributed by atoms with E-state index in [0.29, 0.717) is 18.4 Å². The van der Waals surface area contributed by atoms with Gasteiger partial charge < -0.3 is 4.90 Å². The molecule has 1 aromatic heterocycles. The van der Waals surface area contributed by atoms with Gasteiger partial charge in [0.2, 0.25) is 0 Å². The van der Waals surface area contributed by atoms with E-state index in [1.165, 1.54) is 0 Å². The number of fused-ring (bicyclic) bond motifs is 1. The molecule has 0 radical (unpaired) electrons. The van der Waals surface area contributed by atoms with Crippen LogP contribution in [0, 0.1) is 0 Å². The van der Waals surface area contributed by atoms with Crippen molar-refractivity contribution in [3.05, 3.63) is 47.7 Å². The van der Waals surface area contributed by atoms with Crippen LogP contribution in [0.2, 0.25) is 0 Å². The highest BCUT2D eigenvalue weighted by Gasteiger charge is 2.36. The minimum atomic E-state index is -3.71. The smallest absolute Gasteiger partial charge is 0.317 e. The molecule has 8 nitrogen and oxygen atoms in total. The van der Waals surface area contributed by atoms with Crippen LogP contribution in [0.5, 0.6) is 0 Å². The second-order valence-corrected chi connectivity index (χ2v) is 7.92. The van der Waals surface area contributed by atoms with E-state index in [-0.39, 0.29) is 12.6 Å². The number of aromatic nitrogens is 1. The molecule has 0 saturated heterocycles. The number of hydrogen-bond acceptors (Lipinski definition) is 4. The van der Waals surface area contributed by atoms with Crippen molar-refractivity contribution in [2.75, 3.05) is 5.32 Å². The monoisotopic (exact) mass is 373 g/mol. The fraction of sp³-hybridized carbons (Fsp3) is 0.294. The lowest BCUT2D eigenvalue weighted by atomic mass is 9.98. The summed E-state index contributed by atoms with van der Waals surface area (Å²) in [5.74, 6) is 0.601. The Morgan fingerprint density at radius 3 is 2.62 bits per heavy atom. The predicted molar refractivity (Wildman–Crippen MR) is 97.2 cm³/mol. The molecule has 136 valence electrons. The van der Waals surface area contributed by atoms with E-state index >= 15 is 0 Å². The first-order valence-electron chi connectivity index (χ1n) is 8.33. The lowest BCUT2D eigenvalue weighted by Crippen LogP contribution is -2.40. The second kappa shape index (κ2) is 6.35. The van der Waals surface area contributed by atoms with Crippen LogP contribution >= 0.6 is 0 Å². The van der Waals surface area contributed by atoms with E-state index < -0.39 is 10.2 Å². The highest BCUT2D eigenvalue weighted by molar-refractivity contribution is 7.87. The fourth-order valence-corrected chi connectivity index (χ4v) is 3.48. The van der Waals surface area contributed by atoms with Crippen LogP contribution in [0.25, 0.3) is 11.1 Å². The Hall–Kier alpha value is -2.49. The maximum absolute atomic E-state index is 12.2. The fourth-order valence-electron chi connectivity index (χ4n) is 3.11. The van der Waals surface area contributed by atoms with Gasteiger partial charge in [0.25, 0.3) is 10.2 Å². The van der Waals surface area contributed by atoms with Crippen LogP contribution in [0.15, 0.2) is 36.5 Å². The first-order chi connectivity index (χ1) is 12.4. The van der Waals surface area contributed by atoms with Crippen LogP contribution in [0.3, 0.4) is 0 Å². The molecule has 2 amide bonds. The third-order valence-electron chi connectivity index (χ3n) is 4.60. The van der Waals surface area contributed by atoms with E-state index in [4.69, 9.17) is 5.14 Å². The molecule has 1 aliphatic heterocycles. The molecule has 2 aliphatic rings. The Morgan fingerprint density at radius 1 is 1.23 bits per heavy atom. The number of hydrogen-bond donors (Lipinski definition) is 3. The van der Waals surface area contributed by atoms with Crippen LogP contribution in [-0.4, -0.2) is 30.4 Å². The first-order valence-corrected chi connectivity index (χ1v) is 9.87. The zero-order chi connectivity index (χ0) is 18.3. The maximum atomic E-state index is 12.2. The van der Waals surface area contributed by atoms with Crippen molar-refractivity contribution >= 4 is 22.1 Å². The molecule has 1 aliphatic carbocycles. The van der Waals surface area contributed by atoms with E-state index in [2.05, 4.69) is 15.0 Å². The highest BCUT2D eigenvalue weighted by Crippen LogP contribution is 2.36. The number of nitrogens with zero attached hydrogens (tertiary/aromatic N) is 2. The number of pyridine rings is 1. The van der Waals surface area contributed by atoms with E-state index in [9.17, 15) is 13.2 Å². The van der Waals surface area contributed by atoms with Gasteiger partial charge in [-0.25, -0.2) is 14.9 Å². The lowest BCUT2D eigenvalue weighted by molar-refractivity contribution is 0.203. The SMILES string of the molecule is NS(=O)(=O)NCc1ccc(-c2ccnc3c2CN(C2CC2)C(=O)N3)cc1. The second-order valence-electron chi connectivity index (χ2n) is 6.54. The molecule has 1 fully saturated rings. The van der Waals surface area contributed by atoms with Gasteiger partial charge in [-0.2, -0.15) is 13.1 Å². The lowest BCUT2D eigenvalue weighted by Gasteiger charge is -2.30. The third kappa shape index (κ3) is 3.55. The average molecular weight is 373 g/mol. The molecule has 1 aromatic carbocycles. The van der Waals surface area contributed by atoms with Gasteiger partial charge in [-0.1, -0.05) is 24.3 Å². The average Bonchev–Trinajstić information content (AvgIpc) is 3.43. The Kier molecular flexibility index (Phi) is 4.14. The van der Waals surface area contributed by atoms with Crippen LogP contribution in [0.1, 0.15) is 24.0 Å². The summed E-state index contributed by atoms with van der Waals surface area (Å²) in [5.41, 5.74) is 3.79. The minimum Gasteiger partial charge on any atom is -0.317 e. The summed E-state index contributed by atoms with van der Waals surface area (Å²) in [6.07, 6.45) is 3.77. The van der Waals surface area contributed by atoms with Crippen molar-refractivity contribution in [1.82, 2.24) is 14.6 Å². The molecule has 0 bridgehead atoms. The normalized spacial score (nSPS) is 17.0. The molecule has 9 heteroatoms. The molecular weight excluding hydrogens is 354 g/mol. The largest absolute Gasteiger partial charge is 0.323 e. The van der Waals surface area contributed by atoms with Crippen molar-refractivity contribution in [3.63, 3.8) is 0 Å². The van der Waals surface area contributed by atoms with E-state index in [0.717, 1.165) is 35.1 Å². The summed E-state index contributed by atoms with van der Waals surface area (Å²) in [7, 11) is -3.71. The van der Waals surface area contributed by atoms with Gasteiger partial charge in [0.15, 0.2) is 0 Å². The number of urea groups is 1. The van der Waals surface area contributed by atoms with Gasteiger partial charge in [0, 0.05) is 24.3 Å². The topological polar surface area (TPSA) is 117 Å². The van der Waals surface area contributed by atoms with Crippen LogP contribution < -0.4 is 15.2 Å². The van der Waals surface area contributed by atoms with Gasteiger partial charge in [-0.3, -0.25) is 5.32 Å². The number of nitrogens with one attached hydrogen (secondary N) is 2. The Labute approximate surface area is 151 Å². The summed E-state index contributed by atoms with van der Waals surface area (Å²) in [5, 5.41) is 7.82. The quantitative estimate of drug-likeness (QED) is 0.737. The molecule has 0 spiro atoms. The Morgan fingerprint density at radius 2 is 1.96 bits per heavy atom. The molecule has 26 heavy (non-hydrogen) atoms. The molecule has 2 aromatic rings. The minimum absolute atomic E-state index is 0.0888. The Balaban J connectivity index is 1.60. The maximum Gasteiger partial charge on any atom is 0.323 e. The number of carbonyl (C=O) groups is 1. The summed E-state index contributed by atoms with van der Waals surface area (Å²) in [6, 6.07) is 9.71. The number of nitrogens with two attached hydrogens (primary N) is 1. The first kappa shape index (κ1) is 17.0. The van der Waals surface area contributed by atoms with Crippen molar-refractivity contribution < 1.29 is 13.2 Å². The molecule has 4 N–H and O–H groups in total.